The molecule has 0 amide bonds. The van der Waals surface area contributed by atoms with E-state index in [9.17, 15) is 4.79 Å². The summed E-state index contributed by atoms with van der Waals surface area (Å²) in [4.78, 5) is 11.2. The Kier molecular flexibility index (Phi) is 2.70. The molecule has 1 aliphatic heterocycles. The van der Waals surface area contributed by atoms with Gasteiger partial charge in [-0.15, -0.1) is 11.6 Å². The fourth-order valence-electron chi connectivity index (χ4n) is 1.86. The maximum absolute atomic E-state index is 11.2. The number of carbonyl (C=O) groups is 1. The molecule has 0 aliphatic carbocycles. The van der Waals surface area contributed by atoms with Crippen molar-refractivity contribution in [1.82, 2.24) is 0 Å². The number of esters is 1. The van der Waals surface area contributed by atoms with Gasteiger partial charge >= 0.3 is 5.97 Å². The van der Waals surface area contributed by atoms with Crippen LogP contribution in [-0.2, 0) is 15.1 Å². The molecule has 1 atom stereocenters. The lowest BCUT2D eigenvalue weighted by atomic mass is 9.92. The minimum absolute atomic E-state index is 0.156. The summed E-state index contributed by atoms with van der Waals surface area (Å²) in [5.74, 6) is 0.165. The van der Waals surface area contributed by atoms with E-state index in [1.165, 1.54) is 5.56 Å². The molecule has 0 radical (unpaired) electrons. The molecule has 0 N–H and O–H groups in total. The summed E-state index contributed by atoms with van der Waals surface area (Å²) in [6.45, 7) is 2.03. The third kappa shape index (κ3) is 1.86. The first-order valence-corrected chi connectivity index (χ1v) is 5.55. The highest BCUT2D eigenvalue weighted by Gasteiger charge is 2.41. The minimum Gasteiger partial charge on any atom is -0.453 e. The zero-order valence-electron chi connectivity index (χ0n) is 8.63. The van der Waals surface area contributed by atoms with Crippen molar-refractivity contribution in [2.24, 2.45) is 0 Å². The molecule has 0 unspecified atom stereocenters. The van der Waals surface area contributed by atoms with Crippen LogP contribution >= 0.6 is 11.6 Å². The molecular formula is C12H13ClO2. The van der Waals surface area contributed by atoms with Gasteiger partial charge in [-0.25, -0.2) is 0 Å². The summed E-state index contributed by atoms with van der Waals surface area (Å²) in [5.41, 5.74) is 1.59. The van der Waals surface area contributed by atoms with Gasteiger partial charge in [0, 0.05) is 12.8 Å². The Balaban J connectivity index is 2.34. The topological polar surface area (TPSA) is 26.3 Å². The largest absolute Gasteiger partial charge is 0.453 e. The number of alkyl halides is 1. The Hall–Kier alpha value is -1.02. The maximum Gasteiger partial charge on any atom is 0.306 e. The van der Waals surface area contributed by atoms with Gasteiger partial charge in [0.1, 0.15) is 0 Å². The van der Waals surface area contributed by atoms with Gasteiger partial charge in [-0.05, 0) is 12.5 Å². The van der Waals surface area contributed by atoms with Crippen molar-refractivity contribution >= 4 is 17.6 Å². The Morgan fingerprint density at radius 3 is 2.53 bits per heavy atom. The molecule has 1 saturated heterocycles. The Labute approximate surface area is 94.2 Å². The van der Waals surface area contributed by atoms with E-state index in [0.29, 0.717) is 18.7 Å². The van der Waals surface area contributed by atoms with E-state index < -0.39 is 5.60 Å². The molecule has 1 heterocycles. The van der Waals surface area contributed by atoms with Gasteiger partial charge in [-0.3, -0.25) is 4.79 Å². The number of cyclic esters (lactones) is 1. The molecule has 0 spiro atoms. The first-order valence-electron chi connectivity index (χ1n) is 5.01. The van der Waals surface area contributed by atoms with Crippen LogP contribution < -0.4 is 0 Å². The monoisotopic (exact) mass is 224 g/mol. The van der Waals surface area contributed by atoms with E-state index in [1.807, 2.05) is 31.2 Å². The molecule has 0 bridgehead atoms. The van der Waals surface area contributed by atoms with Crippen molar-refractivity contribution in [3.05, 3.63) is 35.4 Å². The second-order valence-electron chi connectivity index (χ2n) is 3.97. The number of ether oxygens (including phenoxy) is 1. The van der Waals surface area contributed by atoms with Gasteiger partial charge in [-0.2, -0.15) is 0 Å². The fourth-order valence-corrected chi connectivity index (χ4v) is 2.20. The van der Waals surface area contributed by atoms with E-state index in [1.54, 1.807) is 0 Å². The SMILES string of the molecule is Cc1ccc([C@@]2(CCl)CCC(=O)O2)cc1. The average Bonchev–Trinajstić information content (AvgIpc) is 2.62. The Morgan fingerprint density at radius 2 is 2.07 bits per heavy atom. The summed E-state index contributed by atoms with van der Waals surface area (Å²) in [5, 5.41) is 0. The quantitative estimate of drug-likeness (QED) is 0.571. The molecule has 1 aliphatic rings. The summed E-state index contributed by atoms with van der Waals surface area (Å²) in [7, 11) is 0. The van der Waals surface area contributed by atoms with E-state index in [2.05, 4.69) is 0 Å². The second kappa shape index (κ2) is 3.86. The second-order valence-corrected chi connectivity index (χ2v) is 4.24. The normalized spacial score (nSPS) is 25.3. The summed E-state index contributed by atoms with van der Waals surface area (Å²) < 4.78 is 5.35. The van der Waals surface area contributed by atoms with Crippen molar-refractivity contribution in [3.63, 3.8) is 0 Å². The third-order valence-corrected chi connectivity index (χ3v) is 3.27. The molecule has 0 aromatic heterocycles. The molecular weight excluding hydrogens is 212 g/mol. The zero-order valence-corrected chi connectivity index (χ0v) is 9.38. The maximum atomic E-state index is 11.2. The van der Waals surface area contributed by atoms with Crippen LogP contribution in [0.25, 0.3) is 0 Å². The zero-order chi connectivity index (χ0) is 10.9. The van der Waals surface area contributed by atoms with Crippen LogP contribution in [0, 0.1) is 6.92 Å². The first kappa shape index (κ1) is 10.5. The molecule has 80 valence electrons. The fraction of sp³-hybridized carbons (Fsp3) is 0.417. The van der Waals surface area contributed by atoms with E-state index in [-0.39, 0.29) is 5.97 Å². The number of halogens is 1. The molecule has 15 heavy (non-hydrogen) atoms. The molecule has 1 fully saturated rings. The predicted octanol–water partition coefficient (Wildman–Crippen LogP) is 2.77. The van der Waals surface area contributed by atoms with E-state index >= 15 is 0 Å². The summed E-state index contributed by atoms with van der Waals surface area (Å²) >= 11 is 5.93. The van der Waals surface area contributed by atoms with Crippen LogP contribution in [0.3, 0.4) is 0 Å². The third-order valence-electron chi connectivity index (χ3n) is 2.84. The van der Waals surface area contributed by atoms with Crippen molar-refractivity contribution in [2.75, 3.05) is 5.88 Å². The van der Waals surface area contributed by atoms with Crippen LogP contribution in [0.5, 0.6) is 0 Å². The molecule has 2 rings (SSSR count). The van der Waals surface area contributed by atoms with Crippen LogP contribution in [0.4, 0.5) is 0 Å². The number of aryl methyl sites for hydroxylation is 1. The van der Waals surface area contributed by atoms with Crippen molar-refractivity contribution in [2.45, 2.75) is 25.4 Å². The Morgan fingerprint density at radius 1 is 1.40 bits per heavy atom. The number of rotatable bonds is 2. The lowest BCUT2D eigenvalue weighted by Gasteiger charge is -2.25. The van der Waals surface area contributed by atoms with E-state index in [4.69, 9.17) is 16.3 Å². The Bertz CT molecular complexity index is 372. The van der Waals surface area contributed by atoms with Crippen LogP contribution in [-0.4, -0.2) is 11.8 Å². The molecule has 1 aromatic carbocycles. The van der Waals surface area contributed by atoms with Crippen molar-refractivity contribution in [3.8, 4) is 0 Å². The van der Waals surface area contributed by atoms with Gasteiger partial charge < -0.3 is 4.74 Å². The number of carbonyl (C=O) groups excluding carboxylic acids is 1. The minimum atomic E-state index is -0.591. The highest BCUT2D eigenvalue weighted by molar-refractivity contribution is 6.18. The molecule has 3 heteroatoms. The summed E-state index contributed by atoms with van der Waals surface area (Å²) in [6.07, 6.45) is 1.14. The standard InChI is InChI=1S/C12H13ClO2/c1-9-2-4-10(5-3-9)12(8-13)7-6-11(14)15-12/h2-5H,6-8H2,1H3/t12-/m0/s1. The number of hydrogen-bond acceptors (Lipinski definition) is 2. The van der Waals surface area contributed by atoms with E-state index in [0.717, 1.165) is 5.56 Å². The first-order chi connectivity index (χ1) is 7.16. The van der Waals surface area contributed by atoms with Crippen LogP contribution in [0.15, 0.2) is 24.3 Å². The number of benzene rings is 1. The summed E-state index contributed by atoms with van der Waals surface area (Å²) in [6, 6.07) is 7.98. The van der Waals surface area contributed by atoms with Crippen molar-refractivity contribution in [1.29, 1.82) is 0 Å². The van der Waals surface area contributed by atoms with Crippen molar-refractivity contribution < 1.29 is 9.53 Å². The molecule has 2 nitrogen and oxygen atoms in total. The smallest absolute Gasteiger partial charge is 0.306 e. The van der Waals surface area contributed by atoms with Crippen LogP contribution in [0.1, 0.15) is 24.0 Å². The highest BCUT2D eigenvalue weighted by Crippen LogP contribution is 2.37. The molecule has 0 saturated carbocycles. The van der Waals surface area contributed by atoms with Gasteiger partial charge in [0.25, 0.3) is 0 Å². The highest BCUT2D eigenvalue weighted by atomic mass is 35.5. The lowest BCUT2D eigenvalue weighted by Crippen LogP contribution is -2.27. The van der Waals surface area contributed by atoms with Gasteiger partial charge in [0.15, 0.2) is 5.60 Å². The molecule has 1 aromatic rings. The average molecular weight is 225 g/mol. The van der Waals surface area contributed by atoms with Gasteiger partial charge in [0.2, 0.25) is 0 Å². The van der Waals surface area contributed by atoms with Crippen LogP contribution in [0.2, 0.25) is 0 Å². The van der Waals surface area contributed by atoms with Gasteiger partial charge in [0.05, 0.1) is 5.88 Å². The van der Waals surface area contributed by atoms with Gasteiger partial charge in [-0.1, -0.05) is 29.8 Å². The lowest BCUT2D eigenvalue weighted by molar-refractivity contribution is -0.147. The predicted molar refractivity (Wildman–Crippen MR) is 58.9 cm³/mol. The number of hydrogen-bond donors (Lipinski definition) is 0.